The maximum atomic E-state index is 13.8. The van der Waals surface area contributed by atoms with Crippen molar-refractivity contribution in [2.45, 2.75) is 90.3 Å². The van der Waals surface area contributed by atoms with Gasteiger partial charge >= 0.3 is 23.9 Å². The van der Waals surface area contributed by atoms with E-state index in [1.165, 1.54) is 20.8 Å². The number of aliphatic hydroxyl groups excluding tert-OH is 2. The van der Waals surface area contributed by atoms with Gasteiger partial charge in [-0.1, -0.05) is 6.92 Å². The minimum atomic E-state index is -2.33. The molecule has 1 heterocycles. The van der Waals surface area contributed by atoms with Gasteiger partial charge in [0.2, 0.25) is 5.60 Å². The van der Waals surface area contributed by atoms with Crippen molar-refractivity contribution in [2.75, 3.05) is 13.7 Å². The number of esters is 3. The summed E-state index contributed by atoms with van der Waals surface area (Å²) >= 11 is 0. The van der Waals surface area contributed by atoms with Gasteiger partial charge < -0.3 is 34.3 Å². The van der Waals surface area contributed by atoms with Gasteiger partial charge in [0.15, 0.2) is 11.9 Å². The van der Waals surface area contributed by atoms with Crippen molar-refractivity contribution in [1.29, 1.82) is 0 Å². The number of carbonyl (C=O) groups excluding carboxylic acids is 5. The molecule has 0 radical (unpaired) electrons. The molecule has 1 spiro atoms. The highest BCUT2D eigenvalue weighted by atomic mass is 16.6. The largest absolute Gasteiger partial charge is 0.481 e. The molecule has 238 valence electrons. The van der Waals surface area contributed by atoms with E-state index >= 15 is 0 Å². The maximum absolute atomic E-state index is 13.8. The Hall–Kier alpha value is -3.16. The first-order valence-electron chi connectivity index (χ1n) is 14.2. The smallest absolute Gasteiger partial charge is 0.341 e. The van der Waals surface area contributed by atoms with Crippen LogP contribution < -0.4 is 0 Å². The summed E-state index contributed by atoms with van der Waals surface area (Å²) in [4.78, 5) is 77.2. The van der Waals surface area contributed by atoms with E-state index in [1.807, 2.05) is 0 Å². The third kappa shape index (κ3) is 4.71. The van der Waals surface area contributed by atoms with Crippen molar-refractivity contribution < 1.29 is 63.0 Å². The van der Waals surface area contributed by atoms with Gasteiger partial charge in [-0.25, -0.2) is 9.59 Å². The Labute approximate surface area is 248 Å². The van der Waals surface area contributed by atoms with E-state index in [-0.39, 0.29) is 25.2 Å². The number of hydrogen-bond acceptors (Lipinski definition) is 12. The Balaban J connectivity index is 1.89. The normalized spacial score (nSPS) is 40.3. The molecule has 0 aromatic carbocycles. The minimum Gasteiger partial charge on any atom is -0.481 e. The summed E-state index contributed by atoms with van der Waals surface area (Å²) in [6, 6.07) is 0. The number of carbonyl (C=O) groups is 6. The van der Waals surface area contributed by atoms with Crippen molar-refractivity contribution >= 4 is 35.4 Å². The van der Waals surface area contributed by atoms with Crippen LogP contribution in [0.4, 0.5) is 0 Å². The van der Waals surface area contributed by atoms with Gasteiger partial charge in [-0.15, -0.1) is 0 Å². The zero-order valence-electron chi connectivity index (χ0n) is 25.4. The minimum absolute atomic E-state index is 0.0670. The Bertz CT molecular complexity index is 1280. The maximum Gasteiger partial charge on any atom is 0.341 e. The molecule has 0 unspecified atom stereocenters. The van der Waals surface area contributed by atoms with Crippen molar-refractivity contribution in [3.05, 3.63) is 11.6 Å². The number of rotatable bonds is 8. The molecular weight excluding hydrogens is 568 g/mol. The first-order chi connectivity index (χ1) is 19.8. The SMILES string of the molecule is COC(=O)[C@@]12OC[C@]34[C@H](CC(=O)[C@H](OC(=O)/C=C(\C)C(C)(C)OC(C)=O)[C@@H]13)C[C@@H](C(C)=O)[C@](C)(CC(=O)O)[C@H]4[C@@H](O)[C@@H]2O. The molecule has 4 rings (SSSR count). The fourth-order valence-corrected chi connectivity index (χ4v) is 8.81. The molecule has 13 nitrogen and oxygen atoms in total. The molecule has 0 aromatic heterocycles. The van der Waals surface area contributed by atoms with Gasteiger partial charge in [-0.2, -0.15) is 0 Å². The van der Waals surface area contributed by atoms with Crippen LogP contribution in [-0.4, -0.2) is 94.0 Å². The lowest BCUT2D eigenvalue weighted by atomic mass is 9.36. The number of carboxylic acids is 1. The first kappa shape index (κ1) is 32.7. The predicted molar refractivity (Wildman–Crippen MR) is 144 cm³/mol. The van der Waals surface area contributed by atoms with Crippen LogP contribution in [0.5, 0.6) is 0 Å². The Kier molecular flexibility index (Phi) is 8.21. The Morgan fingerprint density at radius 3 is 2.26 bits per heavy atom. The number of hydrogen-bond donors (Lipinski definition) is 3. The molecule has 1 saturated heterocycles. The summed E-state index contributed by atoms with van der Waals surface area (Å²) < 4.78 is 22.1. The van der Waals surface area contributed by atoms with E-state index in [0.717, 1.165) is 13.2 Å². The summed E-state index contributed by atoms with van der Waals surface area (Å²) in [7, 11) is 1.05. The molecule has 3 N–H and O–H groups in total. The third-order valence-corrected chi connectivity index (χ3v) is 10.6. The molecule has 0 amide bonds. The summed E-state index contributed by atoms with van der Waals surface area (Å²) in [5.41, 5.74) is -6.00. The Morgan fingerprint density at radius 1 is 1.09 bits per heavy atom. The molecule has 13 heteroatoms. The second-order valence-electron chi connectivity index (χ2n) is 13.2. The number of Topliss-reactive ketones (excluding diaryl/α,β-unsaturated/α-hetero) is 2. The number of ether oxygens (including phenoxy) is 4. The van der Waals surface area contributed by atoms with Gasteiger partial charge in [0.05, 0.1) is 32.2 Å². The van der Waals surface area contributed by atoms with Crippen LogP contribution in [0.25, 0.3) is 0 Å². The summed E-state index contributed by atoms with van der Waals surface area (Å²) in [6.07, 6.45) is -5.05. The molecule has 2 bridgehead atoms. The van der Waals surface area contributed by atoms with E-state index in [0.29, 0.717) is 5.57 Å². The van der Waals surface area contributed by atoms with Crippen LogP contribution in [0.3, 0.4) is 0 Å². The number of ketones is 2. The average Bonchev–Trinajstić information content (AvgIpc) is 3.18. The molecule has 3 saturated carbocycles. The lowest BCUT2D eigenvalue weighted by molar-refractivity contribution is -0.267. The molecule has 4 aliphatic rings. The van der Waals surface area contributed by atoms with Crippen LogP contribution in [0.1, 0.15) is 60.8 Å². The van der Waals surface area contributed by atoms with Gasteiger partial charge in [-0.3, -0.25) is 19.2 Å². The molecule has 3 aliphatic carbocycles. The number of carboxylic acid groups (broad SMARTS) is 1. The summed E-state index contributed by atoms with van der Waals surface area (Å²) in [5.74, 6) is -8.91. The van der Waals surface area contributed by atoms with Gasteiger partial charge in [0, 0.05) is 36.7 Å². The van der Waals surface area contributed by atoms with Crippen LogP contribution >= 0.6 is 0 Å². The van der Waals surface area contributed by atoms with E-state index < -0.39 is 100 Å². The highest BCUT2D eigenvalue weighted by Crippen LogP contribution is 2.73. The number of aliphatic hydroxyl groups is 2. The highest BCUT2D eigenvalue weighted by Gasteiger charge is 2.83. The zero-order valence-corrected chi connectivity index (χ0v) is 25.4. The van der Waals surface area contributed by atoms with Crippen molar-refractivity contribution in [3.8, 4) is 0 Å². The van der Waals surface area contributed by atoms with Crippen LogP contribution in [0, 0.1) is 34.5 Å². The van der Waals surface area contributed by atoms with E-state index in [9.17, 15) is 44.1 Å². The first-order valence-corrected chi connectivity index (χ1v) is 14.2. The molecule has 1 aliphatic heterocycles. The zero-order chi connectivity index (χ0) is 32.4. The quantitative estimate of drug-likeness (QED) is 0.198. The molecule has 0 aromatic rings. The molecule has 43 heavy (non-hydrogen) atoms. The monoisotopic (exact) mass is 608 g/mol. The molecule has 10 atom stereocenters. The Morgan fingerprint density at radius 2 is 1.72 bits per heavy atom. The van der Waals surface area contributed by atoms with E-state index in [2.05, 4.69) is 0 Å². The molecular formula is C30H40O13. The van der Waals surface area contributed by atoms with Crippen molar-refractivity contribution in [1.82, 2.24) is 0 Å². The number of methoxy groups -OCH3 is 1. The summed E-state index contributed by atoms with van der Waals surface area (Å²) in [6.45, 7) is 8.45. The average molecular weight is 609 g/mol. The van der Waals surface area contributed by atoms with Crippen LogP contribution in [-0.2, 0) is 47.7 Å². The second kappa shape index (κ2) is 10.8. The van der Waals surface area contributed by atoms with Crippen molar-refractivity contribution in [2.24, 2.45) is 34.5 Å². The van der Waals surface area contributed by atoms with Crippen LogP contribution in [0.2, 0.25) is 0 Å². The van der Waals surface area contributed by atoms with E-state index in [1.54, 1.807) is 20.8 Å². The predicted octanol–water partition coefficient (Wildman–Crippen LogP) is 0.761. The lowest BCUT2D eigenvalue weighted by Gasteiger charge is -2.67. The number of aliphatic carboxylic acids is 1. The third-order valence-electron chi connectivity index (χ3n) is 10.6. The standard InChI is InChI=1S/C30H40O13/c1-13(27(4,5)43-15(3)32)8-20(36)42-22-18(33)10-16-9-17(14(2)31)28(6,11-19(34)35)23-21(37)25(38)30(26(39)40-7)24(22)29(16,23)12-41-30/h8,16-17,21-25,37-38H,9-12H2,1-7H3,(H,34,35)/b13-8+/t16-,17-,21+,22-,23+,24+,25-,28-,29+,30+/m0/s1. The topological polar surface area (TPSA) is 200 Å². The van der Waals surface area contributed by atoms with Gasteiger partial charge in [0.1, 0.15) is 17.5 Å². The molecule has 4 fully saturated rings. The van der Waals surface area contributed by atoms with Gasteiger partial charge in [-0.05, 0) is 51.0 Å². The second-order valence-corrected chi connectivity index (χ2v) is 13.2. The van der Waals surface area contributed by atoms with E-state index in [4.69, 9.17) is 18.9 Å². The summed E-state index contributed by atoms with van der Waals surface area (Å²) in [5, 5.41) is 33.2. The van der Waals surface area contributed by atoms with Crippen molar-refractivity contribution in [3.63, 3.8) is 0 Å². The highest BCUT2D eigenvalue weighted by molar-refractivity contribution is 5.93. The van der Waals surface area contributed by atoms with Gasteiger partial charge in [0.25, 0.3) is 0 Å². The van der Waals surface area contributed by atoms with Crippen LogP contribution in [0.15, 0.2) is 11.6 Å². The fraction of sp³-hybridized carbons (Fsp3) is 0.733. The fourth-order valence-electron chi connectivity index (χ4n) is 8.81. The lowest BCUT2D eigenvalue weighted by Crippen LogP contribution is -2.77.